The highest BCUT2D eigenvalue weighted by Crippen LogP contribution is 2.23. The van der Waals surface area contributed by atoms with E-state index in [2.05, 4.69) is 5.32 Å². The van der Waals surface area contributed by atoms with Crippen LogP contribution in [-0.4, -0.2) is 31.5 Å². The number of nitrogens with one attached hydrogen (secondary N) is 1. The fourth-order valence-electron chi connectivity index (χ4n) is 2.35. The van der Waals surface area contributed by atoms with E-state index in [0.29, 0.717) is 0 Å². The summed E-state index contributed by atoms with van der Waals surface area (Å²) >= 11 is 0. The van der Waals surface area contributed by atoms with E-state index in [0.717, 1.165) is 38.6 Å². The van der Waals surface area contributed by atoms with Crippen molar-refractivity contribution in [2.24, 2.45) is 0 Å². The van der Waals surface area contributed by atoms with Crippen LogP contribution in [0.4, 0.5) is 13.2 Å². The highest BCUT2D eigenvalue weighted by molar-refractivity contribution is 4.79. The Labute approximate surface area is 101 Å². The number of halogens is 3. The van der Waals surface area contributed by atoms with E-state index >= 15 is 0 Å². The standard InChI is InChI=1S/C12H22F3NO/c1-2-16-10-7-5-3-4-6-8-11(10)17-9-12(13,14)15/h10-11,16H,2-9H2,1H3. The molecule has 0 spiro atoms. The molecule has 17 heavy (non-hydrogen) atoms. The first-order valence-electron chi connectivity index (χ1n) is 6.44. The summed E-state index contributed by atoms with van der Waals surface area (Å²) in [4.78, 5) is 0. The Kier molecular flexibility index (Phi) is 6.27. The molecule has 102 valence electrons. The summed E-state index contributed by atoms with van der Waals surface area (Å²) < 4.78 is 41.5. The molecule has 0 saturated heterocycles. The van der Waals surface area contributed by atoms with Gasteiger partial charge in [0.1, 0.15) is 6.61 Å². The van der Waals surface area contributed by atoms with E-state index in [4.69, 9.17) is 4.74 Å². The van der Waals surface area contributed by atoms with Crippen molar-refractivity contribution < 1.29 is 17.9 Å². The van der Waals surface area contributed by atoms with Crippen molar-refractivity contribution in [2.75, 3.05) is 13.2 Å². The van der Waals surface area contributed by atoms with Crippen molar-refractivity contribution in [2.45, 2.75) is 63.8 Å². The highest BCUT2D eigenvalue weighted by Gasteiger charge is 2.31. The summed E-state index contributed by atoms with van der Waals surface area (Å²) in [5.74, 6) is 0. The van der Waals surface area contributed by atoms with Crippen LogP contribution in [0.5, 0.6) is 0 Å². The summed E-state index contributed by atoms with van der Waals surface area (Å²) in [6.45, 7) is 1.62. The van der Waals surface area contributed by atoms with Gasteiger partial charge in [0, 0.05) is 6.04 Å². The van der Waals surface area contributed by atoms with E-state index in [9.17, 15) is 13.2 Å². The Bertz CT molecular complexity index is 208. The third-order valence-electron chi connectivity index (χ3n) is 3.13. The molecule has 0 aromatic heterocycles. The molecular formula is C12H22F3NO. The summed E-state index contributed by atoms with van der Waals surface area (Å²) in [5.41, 5.74) is 0. The molecule has 1 aliphatic rings. The van der Waals surface area contributed by atoms with Crippen molar-refractivity contribution in [1.82, 2.24) is 5.32 Å². The monoisotopic (exact) mass is 253 g/mol. The van der Waals surface area contributed by atoms with Crippen LogP contribution >= 0.6 is 0 Å². The zero-order valence-electron chi connectivity index (χ0n) is 10.4. The molecule has 1 saturated carbocycles. The molecule has 0 aromatic carbocycles. The van der Waals surface area contributed by atoms with Gasteiger partial charge in [-0.3, -0.25) is 0 Å². The molecule has 0 amide bonds. The number of rotatable bonds is 4. The minimum atomic E-state index is -4.22. The maximum Gasteiger partial charge on any atom is 0.411 e. The molecular weight excluding hydrogens is 231 g/mol. The van der Waals surface area contributed by atoms with Gasteiger partial charge in [-0.05, 0) is 19.4 Å². The van der Waals surface area contributed by atoms with Gasteiger partial charge >= 0.3 is 6.18 Å². The topological polar surface area (TPSA) is 21.3 Å². The maximum absolute atomic E-state index is 12.2. The summed E-state index contributed by atoms with van der Waals surface area (Å²) in [7, 11) is 0. The van der Waals surface area contributed by atoms with E-state index in [-0.39, 0.29) is 12.1 Å². The normalized spacial score (nSPS) is 27.5. The molecule has 2 unspecified atom stereocenters. The molecule has 0 bridgehead atoms. The molecule has 1 aliphatic carbocycles. The maximum atomic E-state index is 12.2. The Hall–Kier alpha value is -0.290. The summed E-state index contributed by atoms with van der Waals surface area (Å²) in [5, 5.41) is 3.25. The number of ether oxygens (including phenoxy) is 1. The second-order valence-electron chi connectivity index (χ2n) is 4.62. The lowest BCUT2D eigenvalue weighted by atomic mass is 9.94. The third-order valence-corrected chi connectivity index (χ3v) is 3.13. The number of alkyl halides is 3. The van der Waals surface area contributed by atoms with Crippen LogP contribution in [0.15, 0.2) is 0 Å². The Balaban J connectivity index is 2.47. The van der Waals surface area contributed by atoms with Crippen molar-refractivity contribution in [3.8, 4) is 0 Å². The minimum Gasteiger partial charge on any atom is -0.367 e. The zero-order chi connectivity index (χ0) is 12.7. The summed E-state index contributed by atoms with van der Waals surface area (Å²) in [6, 6.07) is 0.0719. The zero-order valence-corrected chi connectivity index (χ0v) is 10.4. The number of likely N-dealkylation sites (N-methyl/N-ethyl adjacent to an activating group) is 1. The predicted octanol–water partition coefficient (Wildman–Crippen LogP) is 3.27. The lowest BCUT2D eigenvalue weighted by Crippen LogP contribution is -2.43. The SMILES string of the molecule is CCNC1CCCCCCC1OCC(F)(F)F. The van der Waals surface area contributed by atoms with Gasteiger partial charge in [0.05, 0.1) is 6.10 Å². The molecule has 1 rings (SSSR count). The lowest BCUT2D eigenvalue weighted by Gasteiger charge is -2.30. The van der Waals surface area contributed by atoms with Crippen molar-refractivity contribution >= 4 is 0 Å². The smallest absolute Gasteiger partial charge is 0.367 e. The van der Waals surface area contributed by atoms with Gasteiger partial charge in [-0.15, -0.1) is 0 Å². The first kappa shape index (κ1) is 14.8. The van der Waals surface area contributed by atoms with Gasteiger partial charge in [0.25, 0.3) is 0 Å². The van der Waals surface area contributed by atoms with Gasteiger partial charge < -0.3 is 10.1 Å². The van der Waals surface area contributed by atoms with Crippen LogP contribution in [0.25, 0.3) is 0 Å². The average molecular weight is 253 g/mol. The average Bonchev–Trinajstić information content (AvgIpc) is 2.20. The van der Waals surface area contributed by atoms with Crippen LogP contribution in [-0.2, 0) is 4.74 Å². The van der Waals surface area contributed by atoms with Crippen LogP contribution < -0.4 is 5.32 Å². The van der Waals surface area contributed by atoms with E-state index < -0.39 is 12.8 Å². The largest absolute Gasteiger partial charge is 0.411 e. The Morgan fingerprint density at radius 3 is 2.35 bits per heavy atom. The number of hydrogen-bond acceptors (Lipinski definition) is 2. The van der Waals surface area contributed by atoms with Gasteiger partial charge in [-0.1, -0.05) is 32.6 Å². The Morgan fingerprint density at radius 2 is 1.76 bits per heavy atom. The van der Waals surface area contributed by atoms with Gasteiger partial charge in [0.2, 0.25) is 0 Å². The van der Waals surface area contributed by atoms with Crippen LogP contribution in [0.1, 0.15) is 45.4 Å². The first-order chi connectivity index (χ1) is 8.03. The van der Waals surface area contributed by atoms with E-state index in [1.165, 1.54) is 6.42 Å². The first-order valence-corrected chi connectivity index (χ1v) is 6.44. The molecule has 1 N–H and O–H groups in total. The van der Waals surface area contributed by atoms with Crippen LogP contribution in [0.3, 0.4) is 0 Å². The quantitative estimate of drug-likeness (QED) is 0.830. The lowest BCUT2D eigenvalue weighted by molar-refractivity contribution is -0.189. The highest BCUT2D eigenvalue weighted by atomic mass is 19.4. The predicted molar refractivity (Wildman–Crippen MR) is 61.0 cm³/mol. The van der Waals surface area contributed by atoms with Crippen molar-refractivity contribution in [1.29, 1.82) is 0 Å². The molecule has 0 aromatic rings. The molecule has 1 fully saturated rings. The summed E-state index contributed by atoms with van der Waals surface area (Å²) in [6.07, 6.45) is 1.44. The van der Waals surface area contributed by atoms with Crippen LogP contribution in [0, 0.1) is 0 Å². The molecule has 2 nitrogen and oxygen atoms in total. The minimum absolute atomic E-state index is 0.0719. The van der Waals surface area contributed by atoms with Crippen molar-refractivity contribution in [3.63, 3.8) is 0 Å². The molecule has 2 atom stereocenters. The fraction of sp³-hybridized carbons (Fsp3) is 1.00. The van der Waals surface area contributed by atoms with Gasteiger partial charge in [-0.2, -0.15) is 13.2 Å². The van der Waals surface area contributed by atoms with Gasteiger partial charge in [0.15, 0.2) is 0 Å². The Morgan fingerprint density at radius 1 is 1.12 bits per heavy atom. The van der Waals surface area contributed by atoms with Crippen molar-refractivity contribution in [3.05, 3.63) is 0 Å². The molecule has 0 heterocycles. The molecule has 5 heteroatoms. The second kappa shape index (κ2) is 7.21. The third kappa shape index (κ3) is 6.27. The van der Waals surface area contributed by atoms with Gasteiger partial charge in [-0.25, -0.2) is 0 Å². The molecule has 0 aliphatic heterocycles. The van der Waals surface area contributed by atoms with E-state index in [1.54, 1.807) is 0 Å². The van der Waals surface area contributed by atoms with Crippen LogP contribution in [0.2, 0.25) is 0 Å². The molecule has 0 radical (unpaired) electrons. The number of hydrogen-bond donors (Lipinski definition) is 1. The fourth-order valence-corrected chi connectivity index (χ4v) is 2.35. The van der Waals surface area contributed by atoms with E-state index in [1.807, 2.05) is 6.92 Å². The second-order valence-corrected chi connectivity index (χ2v) is 4.62.